The van der Waals surface area contributed by atoms with Gasteiger partial charge in [0.1, 0.15) is 5.82 Å². The number of benzene rings is 1. The van der Waals surface area contributed by atoms with Crippen LogP contribution in [-0.4, -0.2) is 20.6 Å². The normalized spacial score (nSPS) is 25.6. The Bertz CT molecular complexity index is 720. The molecule has 0 spiro atoms. The number of nitrogens with zero attached hydrogens (tertiary/aromatic N) is 2. The van der Waals surface area contributed by atoms with Crippen LogP contribution in [0, 0.1) is 5.92 Å². The lowest BCUT2D eigenvalue weighted by Gasteiger charge is -2.13. The van der Waals surface area contributed by atoms with E-state index in [1.165, 1.54) is 12.8 Å². The molecule has 4 rings (SSSR count). The van der Waals surface area contributed by atoms with Crippen molar-refractivity contribution in [3.63, 3.8) is 0 Å². The Balaban J connectivity index is 1.78. The fourth-order valence-corrected chi connectivity index (χ4v) is 3.70. The molecule has 2 fully saturated rings. The quantitative estimate of drug-likeness (QED) is 0.932. The van der Waals surface area contributed by atoms with Crippen molar-refractivity contribution in [3.8, 4) is 0 Å². The molecule has 2 aromatic rings. The van der Waals surface area contributed by atoms with E-state index in [0.29, 0.717) is 12.5 Å². The Morgan fingerprint density at radius 2 is 2.10 bits per heavy atom. The molecule has 110 valence electrons. The Labute approximate surface area is 127 Å². The highest BCUT2D eigenvalue weighted by atomic mass is 35.5. The third-order valence-electron chi connectivity index (χ3n) is 4.74. The van der Waals surface area contributed by atoms with Crippen molar-refractivity contribution in [1.82, 2.24) is 9.55 Å². The van der Waals surface area contributed by atoms with Crippen LogP contribution in [0.2, 0.25) is 5.02 Å². The molecule has 2 saturated carbocycles. The van der Waals surface area contributed by atoms with Gasteiger partial charge in [-0.25, -0.2) is 4.98 Å². The standard InChI is InChI=1S/C16H17ClN2O2/c17-11-3-6-13-14(8-11)19(12-4-5-12)15(18-13)9-1-2-10(7-9)16(20)21/h3,6,8-10,12H,1-2,4-5,7H2,(H,20,21). The number of fused-ring (bicyclic) bond motifs is 1. The van der Waals surface area contributed by atoms with Gasteiger partial charge < -0.3 is 9.67 Å². The van der Waals surface area contributed by atoms with Gasteiger partial charge >= 0.3 is 5.97 Å². The zero-order chi connectivity index (χ0) is 14.6. The van der Waals surface area contributed by atoms with Crippen LogP contribution in [0.15, 0.2) is 18.2 Å². The monoisotopic (exact) mass is 304 g/mol. The van der Waals surface area contributed by atoms with Gasteiger partial charge in [-0.3, -0.25) is 4.79 Å². The number of aromatic nitrogens is 2. The number of hydrogen-bond acceptors (Lipinski definition) is 2. The SMILES string of the molecule is O=C(O)C1CCC(c2nc3ccc(Cl)cc3n2C2CC2)C1. The molecular weight excluding hydrogens is 288 g/mol. The fourth-order valence-electron chi connectivity index (χ4n) is 3.53. The first-order valence-electron chi connectivity index (χ1n) is 7.53. The first-order chi connectivity index (χ1) is 10.1. The van der Waals surface area contributed by atoms with Gasteiger partial charge in [0, 0.05) is 17.0 Å². The van der Waals surface area contributed by atoms with Crippen molar-refractivity contribution in [1.29, 1.82) is 0 Å². The largest absolute Gasteiger partial charge is 0.481 e. The van der Waals surface area contributed by atoms with E-state index in [1.807, 2.05) is 18.2 Å². The van der Waals surface area contributed by atoms with Crippen molar-refractivity contribution in [2.24, 2.45) is 5.92 Å². The van der Waals surface area contributed by atoms with Gasteiger partial charge in [0.2, 0.25) is 0 Å². The molecule has 5 heteroatoms. The molecule has 0 amide bonds. The van der Waals surface area contributed by atoms with Crippen LogP contribution < -0.4 is 0 Å². The molecule has 1 N–H and O–H groups in total. The minimum absolute atomic E-state index is 0.217. The van der Waals surface area contributed by atoms with E-state index in [0.717, 1.165) is 34.7 Å². The molecule has 1 aromatic heterocycles. The number of halogens is 1. The minimum Gasteiger partial charge on any atom is -0.481 e. The van der Waals surface area contributed by atoms with Crippen LogP contribution in [-0.2, 0) is 4.79 Å². The summed E-state index contributed by atoms with van der Waals surface area (Å²) in [5.74, 6) is 0.442. The lowest BCUT2D eigenvalue weighted by atomic mass is 10.0. The van der Waals surface area contributed by atoms with E-state index in [9.17, 15) is 9.90 Å². The summed E-state index contributed by atoms with van der Waals surface area (Å²) < 4.78 is 2.32. The molecule has 0 aliphatic heterocycles. The number of carboxylic acid groups (broad SMARTS) is 1. The van der Waals surface area contributed by atoms with Crippen molar-refractivity contribution in [3.05, 3.63) is 29.0 Å². The van der Waals surface area contributed by atoms with Crippen LogP contribution in [0.3, 0.4) is 0 Å². The summed E-state index contributed by atoms with van der Waals surface area (Å²) in [6, 6.07) is 6.33. The number of rotatable bonds is 3. The number of carbonyl (C=O) groups is 1. The predicted molar refractivity (Wildman–Crippen MR) is 80.7 cm³/mol. The highest BCUT2D eigenvalue weighted by molar-refractivity contribution is 6.31. The summed E-state index contributed by atoms with van der Waals surface area (Å²) in [6.07, 6.45) is 4.74. The van der Waals surface area contributed by atoms with Crippen LogP contribution in [0.25, 0.3) is 11.0 Å². The van der Waals surface area contributed by atoms with Crippen LogP contribution in [0.1, 0.15) is 49.9 Å². The second-order valence-corrected chi connectivity index (χ2v) is 6.69. The van der Waals surface area contributed by atoms with Crippen molar-refractivity contribution in [2.75, 3.05) is 0 Å². The second-order valence-electron chi connectivity index (χ2n) is 6.25. The molecule has 2 aliphatic carbocycles. The number of imidazole rings is 1. The summed E-state index contributed by atoms with van der Waals surface area (Å²) in [4.78, 5) is 16.0. The number of hydrogen-bond donors (Lipinski definition) is 1. The molecule has 2 atom stereocenters. The van der Waals surface area contributed by atoms with Crippen LogP contribution in [0.4, 0.5) is 0 Å². The highest BCUT2D eigenvalue weighted by Gasteiger charge is 2.36. The Morgan fingerprint density at radius 3 is 2.76 bits per heavy atom. The van der Waals surface area contributed by atoms with Crippen LogP contribution in [0.5, 0.6) is 0 Å². The summed E-state index contributed by atoms with van der Waals surface area (Å²) in [5, 5.41) is 9.93. The first-order valence-corrected chi connectivity index (χ1v) is 7.91. The second kappa shape index (κ2) is 4.73. The van der Waals surface area contributed by atoms with E-state index in [2.05, 4.69) is 4.57 Å². The topological polar surface area (TPSA) is 55.1 Å². The third-order valence-corrected chi connectivity index (χ3v) is 4.97. The van der Waals surface area contributed by atoms with E-state index < -0.39 is 5.97 Å². The zero-order valence-corrected chi connectivity index (χ0v) is 12.4. The average molecular weight is 305 g/mol. The highest BCUT2D eigenvalue weighted by Crippen LogP contribution is 2.45. The van der Waals surface area contributed by atoms with Gasteiger partial charge in [-0.05, 0) is 50.3 Å². The Morgan fingerprint density at radius 1 is 1.29 bits per heavy atom. The van der Waals surface area contributed by atoms with Gasteiger partial charge in [-0.15, -0.1) is 0 Å². The molecule has 0 radical (unpaired) electrons. The molecule has 1 aromatic carbocycles. The third kappa shape index (κ3) is 2.22. The summed E-state index contributed by atoms with van der Waals surface area (Å²) in [5.41, 5.74) is 2.07. The molecule has 1 heterocycles. The lowest BCUT2D eigenvalue weighted by molar-refractivity contribution is -0.141. The van der Waals surface area contributed by atoms with Crippen molar-refractivity contribution >= 4 is 28.6 Å². The average Bonchev–Trinajstić information content (AvgIpc) is 3.03. The smallest absolute Gasteiger partial charge is 0.306 e. The van der Waals surface area contributed by atoms with E-state index in [-0.39, 0.29) is 11.8 Å². The summed E-state index contributed by atoms with van der Waals surface area (Å²) in [7, 11) is 0. The number of aliphatic carboxylic acids is 1. The fraction of sp³-hybridized carbons (Fsp3) is 0.500. The maximum atomic E-state index is 11.2. The number of carboxylic acids is 1. The maximum Gasteiger partial charge on any atom is 0.306 e. The van der Waals surface area contributed by atoms with Gasteiger partial charge in [-0.1, -0.05) is 11.6 Å². The molecule has 21 heavy (non-hydrogen) atoms. The van der Waals surface area contributed by atoms with E-state index in [1.54, 1.807) is 0 Å². The van der Waals surface area contributed by atoms with Crippen molar-refractivity contribution in [2.45, 2.75) is 44.1 Å². The molecule has 2 unspecified atom stereocenters. The van der Waals surface area contributed by atoms with Crippen LogP contribution >= 0.6 is 11.6 Å². The van der Waals surface area contributed by atoms with E-state index >= 15 is 0 Å². The molecule has 2 aliphatic rings. The summed E-state index contributed by atoms with van der Waals surface area (Å²) >= 11 is 6.13. The summed E-state index contributed by atoms with van der Waals surface area (Å²) in [6.45, 7) is 0. The van der Waals surface area contributed by atoms with Gasteiger partial charge in [0.05, 0.1) is 17.0 Å². The molecular formula is C16H17ClN2O2. The van der Waals surface area contributed by atoms with Crippen molar-refractivity contribution < 1.29 is 9.90 Å². The Kier molecular flexibility index (Phi) is 2.96. The van der Waals surface area contributed by atoms with Gasteiger partial charge in [0.15, 0.2) is 0 Å². The van der Waals surface area contributed by atoms with E-state index in [4.69, 9.17) is 16.6 Å². The maximum absolute atomic E-state index is 11.2. The Hall–Kier alpha value is -1.55. The first kappa shape index (κ1) is 13.1. The minimum atomic E-state index is -0.672. The predicted octanol–water partition coefficient (Wildman–Crippen LogP) is 3.99. The lowest BCUT2D eigenvalue weighted by Crippen LogP contribution is -2.11. The molecule has 0 bridgehead atoms. The van der Waals surface area contributed by atoms with Gasteiger partial charge in [0.25, 0.3) is 0 Å². The molecule has 0 saturated heterocycles. The zero-order valence-electron chi connectivity index (χ0n) is 11.6. The molecule has 4 nitrogen and oxygen atoms in total. The van der Waals surface area contributed by atoms with Gasteiger partial charge in [-0.2, -0.15) is 0 Å².